The lowest BCUT2D eigenvalue weighted by atomic mass is 10.2. The molecule has 0 spiro atoms. The predicted octanol–water partition coefficient (Wildman–Crippen LogP) is 2.51. The molecule has 92 valence electrons. The summed E-state index contributed by atoms with van der Waals surface area (Å²) in [6.07, 6.45) is 2.83. The van der Waals surface area contributed by atoms with Gasteiger partial charge in [0.25, 0.3) is 0 Å². The molecule has 1 unspecified atom stereocenters. The molecule has 0 amide bonds. The van der Waals surface area contributed by atoms with Crippen molar-refractivity contribution in [1.82, 2.24) is 5.32 Å². The van der Waals surface area contributed by atoms with Crippen LogP contribution in [-0.2, 0) is 6.54 Å². The molecule has 1 N–H and O–H groups in total. The molecule has 1 aromatic rings. The number of benzene rings is 1. The highest BCUT2D eigenvalue weighted by atomic mass is 16.5. The summed E-state index contributed by atoms with van der Waals surface area (Å²) in [5, 5.41) is 3.36. The van der Waals surface area contributed by atoms with Crippen LogP contribution in [0.25, 0.3) is 0 Å². The topological polar surface area (TPSA) is 30.5 Å². The van der Waals surface area contributed by atoms with Crippen molar-refractivity contribution in [1.29, 1.82) is 0 Å². The molecule has 1 aliphatic heterocycles. The standard InChI is InChI=1S/C14H19NO2/c1-3-11(2)15-10-12-5-6-13-14(9-12)17-8-4-7-16-13/h3,5-6,9,11,15H,1,4,7-8,10H2,2H3. The number of hydrogen-bond donors (Lipinski definition) is 1. The van der Waals surface area contributed by atoms with Crippen LogP contribution < -0.4 is 14.8 Å². The fourth-order valence-corrected chi connectivity index (χ4v) is 1.68. The highest BCUT2D eigenvalue weighted by molar-refractivity contribution is 5.43. The number of fused-ring (bicyclic) bond motifs is 1. The van der Waals surface area contributed by atoms with Crippen LogP contribution in [0, 0.1) is 0 Å². The van der Waals surface area contributed by atoms with Gasteiger partial charge in [0.15, 0.2) is 11.5 Å². The summed E-state index contributed by atoms with van der Waals surface area (Å²) in [7, 11) is 0. The molecule has 0 aromatic heterocycles. The lowest BCUT2D eigenvalue weighted by molar-refractivity contribution is 0.297. The van der Waals surface area contributed by atoms with Gasteiger partial charge in [0, 0.05) is 19.0 Å². The van der Waals surface area contributed by atoms with Crippen molar-refractivity contribution in [2.75, 3.05) is 13.2 Å². The van der Waals surface area contributed by atoms with Crippen molar-refractivity contribution >= 4 is 0 Å². The third-order valence-electron chi connectivity index (χ3n) is 2.79. The predicted molar refractivity (Wildman–Crippen MR) is 68.5 cm³/mol. The Morgan fingerprint density at radius 3 is 2.88 bits per heavy atom. The Labute approximate surface area is 102 Å². The van der Waals surface area contributed by atoms with Gasteiger partial charge in [0.1, 0.15) is 0 Å². The molecule has 0 saturated carbocycles. The van der Waals surface area contributed by atoms with Crippen LogP contribution in [0.4, 0.5) is 0 Å². The van der Waals surface area contributed by atoms with Crippen LogP contribution in [0.15, 0.2) is 30.9 Å². The zero-order valence-electron chi connectivity index (χ0n) is 10.2. The van der Waals surface area contributed by atoms with Crippen molar-refractivity contribution in [2.45, 2.75) is 25.9 Å². The number of rotatable bonds is 4. The van der Waals surface area contributed by atoms with Gasteiger partial charge in [-0.15, -0.1) is 6.58 Å². The summed E-state index contributed by atoms with van der Waals surface area (Å²) < 4.78 is 11.2. The summed E-state index contributed by atoms with van der Waals surface area (Å²) in [5.74, 6) is 1.70. The highest BCUT2D eigenvalue weighted by Crippen LogP contribution is 2.30. The molecule has 0 aliphatic carbocycles. The third-order valence-corrected chi connectivity index (χ3v) is 2.79. The van der Waals surface area contributed by atoms with Gasteiger partial charge in [0.2, 0.25) is 0 Å². The van der Waals surface area contributed by atoms with Gasteiger partial charge in [-0.2, -0.15) is 0 Å². The van der Waals surface area contributed by atoms with Crippen molar-refractivity contribution in [3.8, 4) is 11.5 Å². The molecular formula is C14H19NO2. The summed E-state index contributed by atoms with van der Waals surface area (Å²) in [5.41, 5.74) is 1.20. The lowest BCUT2D eigenvalue weighted by Crippen LogP contribution is -2.22. The van der Waals surface area contributed by atoms with E-state index in [9.17, 15) is 0 Å². The number of nitrogens with one attached hydrogen (secondary N) is 1. The van der Waals surface area contributed by atoms with Gasteiger partial charge >= 0.3 is 0 Å². The first kappa shape index (κ1) is 12.0. The molecule has 3 nitrogen and oxygen atoms in total. The van der Waals surface area contributed by atoms with Gasteiger partial charge in [0.05, 0.1) is 13.2 Å². The number of hydrogen-bond acceptors (Lipinski definition) is 3. The molecular weight excluding hydrogens is 214 g/mol. The quantitative estimate of drug-likeness (QED) is 0.811. The Hall–Kier alpha value is -1.48. The molecule has 0 radical (unpaired) electrons. The molecule has 0 bridgehead atoms. The summed E-state index contributed by atoms with van der Waals surface area (Å²) in [6, 6.07) is 6.40. The van der Waals surface area contributed by atoms with Crippen LogP contribution >= 0.6 is 0 Å². The largest absolute Gasteiger partial charge is 0.490 e. The maximum Gasteiger partial charge on any atom is 0.161 e. The molecule has 17 heavy (non-hydrogen) atoms. The summed E-state index contributed by atoms with van der Waals surface area (Å²) in [6.45, 7) is 8.10. The van der Waals surface area contributed by atoms with E-state index in [4.69, 9.17) is 9.47 Å². The summed E-state index contributed by atoms with van der Waals surface area (Å²) in [4.78, 5) is 0. The maximum absolute atomic E-state index is 5.65. The van der Waals surface area contributed by atoms with Gasteiger partial charge in [-0.1, -0.05) is 12.1 Å². The van der Waals surface area contributed by atoms with Gasteiger partial charge in [-0.3, -0.25) is 0 Å². The lowest BCUT2D eigenvalue weighted by Gasteiger charge is -2.12. The zero-order valence-corrected chi connectivity index (χ0v) is 10.2. The van der Waals surface area contributed by atoms with Crippen LogP contribution in [0.2, 0.25) is 0 Å². The normalized spacial score (nSPS) is 16.1. The minimum Gasteiger partial charge on any atom is -0.490 e. The molecule has 2 rings (SSSR count). The van der Waals surface area contributed by atoms with E-state index in [1.807, 2.05) is 18.2 Å². The molecule has 1 aliphatic rings. The minimum absolute atomic E-state index is 0.311. The molecule has 1 aromatic carbocycles. The van der Waals surface area contributed by atoms with Crippen molar-refractivity contribution in [3.63, 3.8) is 0 Å². The van der Waals surface area contributed by atoms with Gasteiger partial charge < -0.3 is 14.8 Å². The third kappa shape index (κ3) is 3.24. The summed E-state index contributed by atoms with van der Waals surface area (Å²) >= 11 is 0. The number of ether oxygens (including phenoxy) is 2. The molecule has 1 heterocycles. The molecule has 0 fully saturated rings. The maximum atomic E-state index is 5.65. The molecule has 1 atom stereocenters. The Kier molecular flexibility index (Phi) is 4.04. The van der Waals surface area contributed by atoms with Gasteiger partial charge in [-0.25, -0.2) is 0 Å². The van der Waals surface area contributed by atoms with Crippen molar-refractivity contribution in [2.24, 2.45) is 0 Å². The Bertz CT molecular complexity index is 390. The van der Waals surface area contributed by atoms with E-state index < -0.39 is 0 Å². The zero-order chi connectivity index (χ0) is 12.1. The fraction of sp³-hybridized carbons (Fsp3) is 0.429. The first-order valence-electron chi connectivity index (χ1n) is 6.04. The molecule has 0 saturated heterocycles. The highest BCUT2D eigenvalue weighted by Gasteiger charge is 2.10. The first-order valence-corrected chi connectivity index (χ1v) is 6.04. The van der Waals surface area contributed by atoms with E-state index in [1.165, 1.54) is 5.56 Å². The van der Waals surface area contributed by atoms with E-state index in [2.05, 4.69) is 24.9 Å². The SMILES string of the molecule is C=CC(C)NCc1ccc2c(c1)OCCCO2. The molecule has 3 heteroatoms. The second-order valence-corrected chi connectivity index (χ2v) is 4.24. The smallest absolute Gasteiger partial charge is 0.161 e. The van der Waals surface area contributed by atoms with E-state index in [0.29, 0.717) is 6.04 Å². The average Bonchev–Trinajstić information content (AvgIpc) is 2.60. The Morgan fingerprint density at radius 1 is 1.35 bits per heavy atom. The van der Waals surface area contributed by atoms with E-state index in [0.717, 1.165) is 37.7 Å². The van der Waals surface area contributed by atoms with Gasteiger partial charge in [-0.05, 0) is 24.6 Å². The Morgan fingerprint density at radius 2 is 2.12 bits per heavy atom. The van der Waals surface area contributed by atoms with E-state index in [-0.39, 0.29) is 0 Å². The minimum atomic E-state index is 0.311. The second-order valence-electron chi connectivity index (χ2n) is 4.24. The second kappa shape index (κ2) is 5.73. The van der Waals surface area contributed by atoms with Crippen LogP contribution in [0.5, 0.6) is 11.5 Å². The first-order chi connectivity index (χ1) is 8.29. The van der Waals surface area contributed by atoms with Crippen LogP contribution in [-0.4, -0.2) is 19.3 Å². The fourth-order valence-electron chi connectivity index (χ4n) is 1.68. The van der Waals surface area contributed by atoms with Crippen LogP contribution in [0.1, 0.15) is 18.9 Å². The Balaban J connectivity index is 2.04. The van der Waals surface area contributed by atoms with Crippen molar-refractivity contribution in [3.05, 3.63) is 36.4 Å². The van der Waals surface area contributed by atoms with Crippen LogP contribution in [0.3, 0.4) is 0 Å². The van der Waals surface area contributed by atoms with E-state index >= 15 is 0 Å². The van der Waals surface area contributed by atoms with E-state index in [1.54, 1.807) is 0 Å². The average molecular weight is 233 g/mol. The van der Waals surface area contributed by atoms with Crippen molar-refractivity contribution < 1.29 is 9.47 Å². The monoisotopic (exact) mass is 233 g/mol.